The number of thiazole rings is 1. The normalized spacial score (nSPS) is 10.3. The number of nitrogens with one attached hydrogen (secondary N) is 1. The van der Waals surface area contributed by atoms with Gasteiger partial charge in [-0.25, -0.2) is 4.98 Å². The summed E-state index contributed by atoms with van der Waals surface area (Å²) < 4.78 is 11.1. The average Bonchev–Trinajstić information content (AvgIpc) is 2.82. The Labute approximate surface area is 125 Å². The standard InChI is InChI=1S/C12H12Cl2N2O2S/c1-17-9-4-8(10(18-2)3-7(9)13)15-6-12-16-5-11(14)19-12/h3-5,15H,6H2,1-2H3. The van der Waals surface area contributed by atoms with E-state index in [0.717, 1.165) is 10.7 Å². The summed E-state index contributed by atoms with van der Waals surface area (Å²) in [5.41, 5.74) is 0.787. The second-order valence-corrected chi connectivity index (χ2v) is 5.75. The second-order valence-electron chi connectivity index (χ2n) is 3.60. The van der Waals surface area contributed by atoms with Gasteiger partial charge in [0.15, 0.2) is 0 Å². The molecule has 1 aromatic carbocycles. The van der Waals surface area contributed by atoms with Gasteiger partial charge >= 0.3 is 0 Å². The van der Waals surface area contributed by atoms with Crippen molar-refractivity contribution in [1.29, 1.82) is 0 Å². The highest BCUT2D eigenvalue weighted by Gasteiger charge is 2.10. The molecule has 7 heteroatoms. The van der Waals surface area contributed by atoms with Crippen LogP contribution in [0.2, 0.25) is 9.36 Å². The molecule has 1 heterocycles. The number of halogens is 2. The van der Waals surface area contributed by atoms with Crippen molar-refractivity contribution in [1.82, 2.24) is 4.98 Å². The Morgan fingerprint density at radius 2 is 1.95 bits per heavy atom. The zero-order valence-electron chi connectivity index (χ0n) is 10.4. The van der Waals surface area contributed by atoms with Crippen LogP contribution < -0.4 is 14.8 Å². The fourth-order valence-electron chi connectivity index (χ4n) is 1.54. The Balaban J connectivity index is 2.18. The molecule has 1 aromatic heterocycles. The zero-order valence-corrected chi connectivity index (χ0v) is 12.7. The summed E-state index contributed by atoms with van der Waals surface area (Å²) in [6.07, 6.45) is 1.63. The third-order valence-electron chi connectivity index (χ3n) is 2.43. The molecule has 0 fully saturated rings. The maximum Gasteiger partial charge on any atom is 0.143 e. The molecule has 2 rings (SSSR count). The van der Waals surface area contributed by atoms with Crippen LogP contribution in [0.15, 0.2) is 18.3 Å². The number of anilines is 1. The average molecular weight is 319 g/mol. The molecule has 0 unspecified atom stereocenters. The molecule has 0 atom stereocenters. The summed E-state index contributed by atoms with van der Waals surface area (Å²) >= 11 is 13.3. The van der Waals surface area contributed by atoms with Crippen LogP contribution in [0.1, 0.15) is 5.01 Å². The van der Waals surface area contributed by atoms with Crippen molar-refractivity contribution < 1.29 is 9.47 Å². The summed E-state index contributed by atoms with van der Waals surface area (Å²) in [5.74, 6) is 1.23. The van der Waals surface area contributed by atoms with Crippen LogP contribution in [0.3, 0.4) is 0 Å². The SMILES string of the molecule is COc1cc(NCc2ncc(Cl)s2)c(OC)cc1Cl. The number of hydrogen-bond acceptors (Lipinski definition) is 5. The second kappa shape index (κ2) is 6.32. The van der Waals surface area contributed by atoms with Gasteiger partial charge in [0, 0.05) is 12.1 Å². The number of aromatic nitrogens is 1. The van der Waals surface area contributed by atoms with Crippen LogP contribution in [0.25, 0.3) is 0 Å². The van der Waals surface area contributed by atoms with Crippen LogP contribution in [0.4, 0.5) is 5.69 Å². The van der Waals surface area contributed by atoms with Gasteiger partial charge in [0.2, 0.25) is 0 Å². The third kappa shape index (κ3) is 3.43. The van der Waals surface area contributed by atoms with Crippen molar-refractivity contribution in [2.45, 2.75) is 6.54 Å². The van der Waals surface area contributed by atoms with E-state index in [2.05, 4.69) is 10.3 Å². The molecule has 0 aliphatic carbocycles. The molecule has 19 heavy (non-hydrogen) atoms. The third-order valence-corrected chi connectivity index (χ3v) is 3.84. The van der Waals surface area contributed by atoms with Crippen molar-refractivity contribution in [2.75, 3.05) is 19.5 Å². The minimum Gasteiger partial charge on any atom is -0.495 e. The molecule has 0 spiro atoms. The van der Waals surface area contributed by atoms with Gasteiger partial charge < -0.3 is 14.8 Å². The quantitative estimate of drug-likeness (QED) is 0.902. The minimum absolute atomic E-state index is 0.502. The maximum absolute atomic E-state index is 6.04. The zero-order chi connectivity index (χ0) is 13.8. The maximum atomic E-state index is 6.04. The molecule has 102 valence electrons. The monoisotopic (exact) mass is 318 g/mol. The number of rotatable bonds is 5. The number of hydrogen-bond donors (Lipinski definition) is 1. The molecule has 0 aliphatic heterocycles. The van der Waals surface area contributed by atoms with Crippen molar-refractivity contribution >= 4 is 40.2 Å². The van der Waals surface area contributed by atoms with Gasteiger partial charge in [-0.1, -0.05) is 23.2 Å². The summed E-state index contributed by atoms with van der Waals surface area (Å²) in [5, 5.41) is 4.61. The van der Waals surface area contributed by atoms with Crippen molar-refractivity contribution in [3.05, 3.63) is 32.7 Å². The van der Waals surface area contributed by atoms with E-state index in [9.17, 15) is 0 Å². The number of ether oxygens (including phenoxy) is 2. The predicted molar refractivity (Wildman–Crippen MR) is 79.0 cm³/mol. The van der Waals surface area contributed by atoms with Gasteiger partial charge in [0.25, 0.3) is 0 Å². The first-order chi connectivity index (χ1) is 9.13. The molecule has 1 N–H and O–H groups in total. The van der Waals surface area contributed by atoms with E-state index in [1.54, 1.807) is 32.5 Å². The minimum atomic E-state index is 0.502. The molecule has 0 radical (unpaired) electrons. The highest BCUT2D eigenvalue weighted by molar-refractivity contribution is 7.15. The molecular formula is C12H12Cl2N2O2S. The van der Waals surface area contributed by atoms with Gasteiger partial charge in [-0.3, -0.25) is 0 Å². The highest BCUT2D eigenvalue weighted by Crippen LogP contribution is 2.36. The Bertz CT molecular complexity index is 575. The molecule has 0 saturated carbocycles. The molecule has 0 saturated heterocycles. The van der Waals surface area contributed by atoms with Gasteiger partial charge in [0.1, 0.15) is 20.8 Å². The first-order valence-electron chi connectivity index (χ1n) is 5.39. The van der Waals surface area contributed by atoms with Crippen LogP contribution in [0.5, 0.6) is 11.5 Å². The summed E-state index contributed by atoms with van der Waals surface area (Å²) in [4.78, 5) is 4.17. The Morgan fingerprint density at radius 3 is 2.53 bits per heavy atom. The fraction of sp³-hybridized carbons (Fsp3) is 0.250. The lowest BCUT2D eigenvalue weighted by molar-refractivity contribution is 0.404. The molecule has 0 amide bonds. The molecule has 0 aliphatic rings. The van der Waals surface area contributed by atoms with Crippen LogP contribution in [-0.2, 0) is 6.54 Å². The Morgan fingerprint density at radius 1 is 1.21 bits per heavy atom. The van der Waals surface area contributed by atoms with Gasteiger partial charge in [0.05, 0.1) is 37.7 Å². The predicted octanol–water partition coefficient (Wildman–Crippen LogP) is 4.08. The lowest BCUT2D eigenvalue weighted by Gasteiger charge is -2.13. The highest BCUT2D eigenvalue weighted by atomic mass is 35.5. The molecule has 0 bridgehead atoms. The van der Waals surface area contributed by atoms with Gasteiger partial charge in [-0.15, -0.1) is 11.3 Å². The van der Waals surface area contributed by atoms with E-state index in [4.69, 9.17) is 32.7 Å². The van der Waals surface area contributed by atoms with E-state index in [1.807, 2.05) is 0 Å². The van der Waals surface area contributed by atoms with Crippen LogP contribution in [-0.4, -0.2) is 19.2 Å². The molecule has 2 aromatic rings. The summed E-state index contributed by atoms with van der Waals surface area (Å²) in [6.45, 7) is 0.554. The fourth-order valence-corrected chi connectivity index (χ4v) is 2.67. The number of methoxy groups -OCH3 is 2. The lowest BCUT2D eigenvalue weighted by atomic mass is 10.2. The topological polar surface area (TPSA) is 43.4 Å². The largest absolute Gasteiger partial charge is 0.495 e. The number of benzene rings is 1. The Hall–Kier alpha value is -1.17. The lowest BCUT2D eigenvalue weighted by Crippen LogP contribution is -2.01. The molecule has 4 nitrogen and oxygen atoms in total. The van der Waals surface area contributed by atoms with Crippen molar-refractivity contribution in [2.24, 2.45) is 0 Å². The first kappa shape index (κ1) is 14.2. The summed E-state index contributed by atoms with van der Waals surface area (Å²) in [6, 6.07) is 3.49. The van der Waals surface area contributed by atoms with Crippen molar-refractivity contribution in [3.63, 3.8) is 0 Å². The number of nitrogens with zero attached hydrogens (tertiary/aromatic N) is 1. The van der Waals surface area contributed by atoms with Gasteiger partial charge in [-0.05, 0) is 0 Å². The van der Waals surface area contributed by atoms with Gasteiger partial charge in [-0.2, -0.15) is 0 Å². The smallest absolute Gasteiger partial charge is 0.143 e. The molecular weight excluding hydrogens is 307 g/mol. The van der Waals surface area contributed by atoms with E-state index in [1.165, 1.54) is 11.3 Å². The van der Waals surface area contributed by atoms with Crippen LogP contribution >= 0.6 is 34.5 Å². The van der Waals surface area contributed by atoms with E-state index < -0.39 is 0 Å². The van der Waals surface area contributed by atoms with E-state index in [-0.39, 0.29) is 0 Å². The van der Waals surface area contributed by atoms with Crippen molar-refractivity contribution in [3.8, 4) is 11.5 Å². The van der Waals surface area contributed by atoms with E-state index >= 15 is 0 Å². The van der Waals surface area contributed by atoms with Crippen LogP contribution in [0, 0.1) is 0 Å². The summed E-state index contributed by atoms with van der Waals surface area (Å²) in [7, 11) is 3.15. The van der Waals surface area contributed by atoms with E-state index in [0.29, 0.717) is 27.4 Å². The Kier molecular flexibility index (Phi) is 4.74. The first-order valence-corrected chi connectivity index (χ1v) is 6.97.